The molecule has 7 aromatic rings. The number of fused-ring (bicyclic) bond motifs is 3. The Bertz CT molecular complexity index is 2080. The molecule has 0 spiro atoms. The molecule has 3 heterocycles. The first-order valence-corrected chi connectivity index (χ1v) is 14.0. The highest BCUT2D eigenvalue weighted by Gasteiger charge is 2.35. The van der Waals surface area contributed by atoms with Gasteiger partial charge in [-0.3, -0.25) is 19.5 Å². The molecule has 210 valence electrons. The molecule has 0 aliphatic rings. The minimum Gasteiger partial charge on any atom is -0.361 e. The zero-order valence-electron chi connectivity index (χ0n) is 23.1. The standard InChI is InChI=1S/C34H27N7O2/c42-32(22-40-31-17-9-8-16-30(31)38-39-40)41(25-18-24-12-4-6-14-28(24)35-20-25)33(27-21-36-29-15-7-5-13-26(27)29)34(43)37-19-23-10-2-1-3-11-23/h1-18,20-21,33,36H,19,22H2,(H,37,43)/t33-/m1/s1. The van der Waals surface area contributed by atoms with E-state index in [0.717, 1.165) is 32.9 Å². The third-order valence-electron chi connectivity index (χ3n) is 7.56. The number of para-hydroxylation sites is 3. The van der Waals surface area contributed by atoms with Gasteiger partial charge in [-0.15, -0.1) is 5.10 Å². The Morgan fingerprint density at radius 1 is 0.860 bits per heavy atom. The molecule has 0 bridgehead atoms. The zero-order chi connectivity index (χ0) is 29.2. The van der Waals surface area contributed by atoms with E-state index in [1.807, 2.05) is 109 Å². The van der Waals surface area contributed by atoms with Gasteiger partial charge in [-0.1, -0.05) is 84.1 Å². The van der Waals surface area contributed by atoms with Gasteiger partial charge in [0.2, 0.25) is 11.8 Å². The average Bonchev–Trinajstić information content (AvgIpc) is 3.67. The molecule has 4 aromatic carbocycles. The number of hydrogen-bond acceptors (Lipinski definition) is 5. The number of amides is 2. The highest BCUT2D eigenvalue weighted by molar-refractivity contribution is 6.04. The summed E-state index contributed by atoms with van der Waals surface area (Å²) in [5.41, 5.74) is 5.19. The van der Waals surface area contributed by atoms with Crippen molar-refractivity contribution in [1.29, 1.82) is 0 Å². The summed E-state index contributed by atoms with van der Waals surface area (Å²) in [6, 6.07) is 33.5. The van der Waals surface area contributed by atoms with Gasteiger partial charge in [-0.05, 0) is 35.9 Å². The molecule has 7 rings (SSSR count). The van der Waals surface area contributed by atoms with Crippen LogP contribution in [0.25, 0.3) is 32.8 Å². The number of nitrogens with zero attached hydrogens (tertiary/aromatic N) is 5. The summed E-state index contributed by atoms with van der Waals surface area (Å²) < 4.78 is 1.56. The first kappa shape index (κ1) is 26.1. The van der Waals surface area contributed by atoms with Crippen molar-refractivity contribution in [2.75, 3.05) is 4.90 Å². The molecule has 0 fully saturated rings. The van der Waals surface area contributed by atoms with Crippen LogP contribution in [0, 0.1) is 0 Å². The van der Waals surface area contributed by atoms with Crippen molar-refractivity contribution in [3.63, 3.8) is 0 Å². The fourth-order valence-corrected chi connectivity index (χ4v) is 5.47. The number of benzene rings is 4. The van der Waals surface area contributed by atoms with Gasteiger partial charge in [0, 0.05) is 34.6 Å². The summed E-state index contributed by atoms with van der Waals surface area (Å²) in [6.45, 7) is 0.183. The van der Waals surface area contributed by atoms with E-state index in [0.29, 0.717) is 23.3 Å². The number of nitrogens with one attached hydrogen (secondary N) is 2. The molecule has 9 nitrogen and oxygen atoms in total. The molecule has 0 saturated carbocycles. The maximum Gasteiger partial charge on any atom is 0.249 e. The first-order chi connectivity index (χ1) is 21.2. The molecule has 43 heavy (non-hydrogen) atoms. The quantitative estimate of drug-likeness (QED) is 0.251. The summed E-state index contributed by atoms with van der Waals surface area (Å²) in [5, 5.41) is 13.3. The smallest absolute Gasteiger partial charge is 0.249 e. The number of rotatable bonds is 8. The van der Waals surface area contributed by atoms with Crippen LogP contribution >= 0.6 is 0 Å². The Balaban J connectivity index is 1.36. The van der Waals surface area contributed by atoms with Crippen LogP contribution in [0.1, 0.15) is 17.2 Å². The van der Waals surface area contributed by atoms with E-state index < -0.39 is 6.04 Å². The second-order valence-electron chi connectivity index (χ2n) is 10.3. The molecular formula is C34H27N7O2. The monoisotopic (exact) mass is 565 g/mol. The lowest BCUT2D eigenvalue weighted by molar-refractivity contribution is -0.127. The molecule has 3 aromatic heterocycles. The number of anilines is 1. The minimum atomic E-state index is -1.01. The van der Waals surface area contributed by atoms with E-state index in [-0.39, 0.29) is 18.4 Å². The molecule has 2 N–H and O–H groups in total. The summed E-state index contributed by atoms with van der Waals surface area (Å²) >= 11 is 0. The largest absolute Gasteiger partial charge is 0.361 e. The summed E-state index contributed by atoms with van der Waals surface area (Å²) in [5.74, 6) is -0.656. The molecule has 0 unspecified atom stereocenters. The van der Waals surface area contributed by atoms with Gasteiger partial charge in [0.25, 0.3) is 0 Å². The molecular weight excluding hydrogens is 538 g/mol. The van der Waals surface area contributed by atoms with Crippen molar-refractivity contribution in [3.05, 3.63) is 133 Å². The van der Waals surface area contributed by atoms with Gasteiger partial charge in [-0.25, -0.2) is 4.68 Å². The Morgan fingerprint density at radius 2 is 1.60 bits per heavy atom. The topological polar surface area (TPSA) is 109 Å². The van der Waals surface area contributed by atoms with Crippen LogP contribution in [0.3, 0.4) is 0 Å². The highest BCUT2D eigenvalue weighted by Crippen LogP contribution is 2.34. The Labute approximate surface area is 246 Å². The van der Waals surface area contributed by atoms with Crippen molar-refractivity contribution < 1.29 is 9.59 Å². The predicted octanol–water partition coefficient (Wildman–Crippen LogP) is 5.55. The Hall–Kier alpha value is -5.83. The van der Waals surface area contributed by atoms with Gasteiger partial charge in [0.05, 0.1) is 22.9 Å². The fraction of sp³-hybridized carbons (Fsp3) is 0.0882. The molecule has 1 atom stereocenters. The second kappa shape index (κ2) is 11.2. The van der Waals surface area contributed by atoms with Crippen LogP contribution in [0.4, 0.5) is 5.69 Å². The first-order valence-electron chi connectivity index (χ1n) is 14.0. The van der Waals surface area contributed by atoms with Gasteiger partial charge in [0.15, 0.2) is 0 Å². The maximum absolute atomic E-state index is 14.5. The predicted molar refractivity (Wildman–Crippen MR) is 166 cm³/mol. The van der Waals surface area contributed by atoms with E-state index in [1.165, 1.54) is 4.90 Å². The summed E-state index contributed by atoms with van der Waals surface area (Å²) in [6.07, 6.45) is 3.45. The van der Waals surface area contributed by atoms with Crippen molar-refractivity contribution in [2.45, 2.75) is 19.1 Å². The van der Waals surface area contributed by atoms with Crippen LogP contribution in [0.5, 0.6) is 0 Å². The van der Waals surface area contributed by atoms with E-state index >= 15 is 0 Å². The van der Waals surface area contributed by atoms with Crippen molar-refractivity contribution in [2.24, 2.45) is 0 Å². The number of aromatic amines is 1. The lowest BCUT2D eigenvalue weighted by Gasteiger charge is -2.31. The third kappa shape index (κ3) is 5.08. The number of aromatic nitrogens is 5. The minimum absolute atomic E-state index is 0.127. The number of carbonyl (C=O) groups is 2. The Morgan fingerprint density at radius 3 is 2.49 bits per heavy atom. The molecule has 0 aliphatic heterocycles. The van der Waals surface area contributed by atoms with Crippen molar-refractivity contribution in [1.82, 2.24) is 30.3 Å². The molecule has 2 amide bonds. The number of pyridine rings is 1. The van der Waals surface area contributed by atoms with Gasteiger partial charge in [0.1, 0.15) is 18.1 Å². The summed E-state index contributed by atoms with van der Waals surface area (Å²) in [4.78, 5) is 38.2. The van der Waals surface area contributed by atoms with E-state index in [1.54, 1.807) is 17.1 Å². The molecule has 0 radical (unpaired) electrons. The van der Waals surface area contributed by atoms with E-state index in [4.69, 9.17) is 0 Å². The van der Waals surface area contributed by atoms with Gasteiger partial charge >= 0.3 is 0 Å². The van der Waals surface area contributed by atoms with E-state index in [9.17, 15) is 9.59 Å². The van der Waals surface area contributed by atoms with Gasteiger partial charge < -0.3 is 10.3 Å². The SMILES string of the molecule is O=C(NCc1ccccc1)[C@@H](c1c[nH]c2ccccc12)N(C(=O)Cn1nnc2ccccc21)c1cnc2ccccc2c1. The van der Waals surface area contributed by atoms with Crippen LogP contribution in [-0.4, -0.2) is 36.8 Å². The van der Waals surface area contributed by atoms with Gasteiger partial charge in [-0.2, -0.15) is 0 Å². The van der Waals surface area contributed by atoms with E-state index in [2.05, 4.69) is 25.6 Å². The Kier molecular flexibility index (Phi) is 6.80. The van der Waals surface area contributed by atoms with Crippen LogP contribution in [0.2, 0.25) is 0 Å². The number of H-pyrrole nitrogens is 1. The molecule has 0 aliphatic carbocycles. The average molecular weight is 566 g/mol. The zero-order valence-corrected chi connectivity index (χ0v) is 23.1. The normalized spacial score (nSPS) is 12.0. The van der Waals surface area contributed by atoms with Crippen molar-refractivity contribution in [3.8, 4) is 0 Å². The molecule has 9 heteroatoms. The van der Waals surface area contributed by atoms with Crippen molar-refractivity contribution >= 4 is 50.3 Å². The lowest BCUT2D eigenvalue weighted by atomic mass is 10.0. The maximum atomic E-state index is 14.5. The highest BCUT2D eigenvalue weighted by atomic mass is 16.2. The molecule has 0 saturated heterocycles. The number of carbonyl (C=O) groups excluding carboxylic acids is 2. The van der Waals surface area contributed by atoms with Crippen LogP contribution < -0.4 is 10.2 Å². The fourth-order valence-electron chi connectivity index (χ4n) is 5.47. The summed E-state index contributed by atoms with van der Waals surface area (Å²) in [7, 11) is 0. The lowest BCUT2D eigenvalue weighted by Crippen LogP contribution is -2.45. The van der Waals surface area contributed by atoms with Crippen LogP contribution in [0.15, 0.2) is 122 Å². The second-order valence-corrected chi connectivity index (χ2v) is 10.3. The number of hydrogen-bond donors (Lipinski definition) is 2. The van der Waals surface area contributed by atoms with Crippen LogP contribution in [-0.2, 0) is 22.7 Å². The third-order valence-corrected chi connectivity index (χ3v) is 7.56.